The number of aromatic nitrogens is 2. The molecule has 1 atom stereocenters. The van der Waals surface area contributed by atoms with Gasteiger partial charge in [0.1, 0.15) is 0 Å². The molecule has 0 radical (unpaired) electrons. The van der Waals surface area contributed by atoms with Gasteiger partial charge in [-0.25, -0.2) is 4.79 Å². The normalized spacial score (nSPS) is 12.4. The largest absolute Gasteiger partial charge is 0.467 e. The first kappa shape index (κ1) is 13.9. The summed E-state index contributed by atoms with van der Waals surface area (Å²) in [7, 11) is 2.91. The minimum atomic E-state index is -1.36. The number of hydrogen-bond acceptors (Lipinski definition) is 5. The van der Waals surface area contributed by atoms with E-state index >= 15 is 0 Å². The van der Waals surface area contributed by atoms with Crippen LogP contribution in [0, 0.1) is 0 Å². The lowest BCUT2D eigenvalue weighted by molar-refractivity contribution is -0.150. The summed E-state index contributed by atoms with van der Waals surface area (Å²) in [6, 6.07) is 1.74. The number of hydrogen-bond donors (Lipinski definition) is 2. The number of aliphatic hydroxyl groups is 1. The molecule has 1 aromatic heterocycles. The van der Waals surface area contributed by atoms with E-state index in [1.807, 2.05) is 0 Å². The molecule has 0 saturated heterocycles. The summed E-state index contributed by atoms with van der Waals surface area (Å²) in [5.74, 6) is -1.20. The smallest absolute Gasteiger partial charge is 0.336 e. The van der Waals surface area contributed by atoms with E-state index in [2.05, 4.69) is 15.2 Å². The molecule has 0 aromatic carbocycles. The number of esters is 1. The monoisotopic (exact) mass is 253 g/mol. The Balaban J connectivity index is 2.41. The van der Waals surface area contributed by atoms with Crippen LogP contribution in [0.5, 0.6) is 0 Å². The number of nitrogens with one attached hydrogen (secondary N) is 1. The summed E-state index contributed by atoms with van der Waals surface area (Å²) in [5.41, 5.74) is 0.763. The Bertz CT molecular complexity index is 453. The number of ether oxygens (including phenoxy) is 1. The highest BCUT2D eigenvalue weighted by Gasteiger charge is 2.15. The van der Waals surface area contributed by atoms with Gasteiger partial charge in [-0.15, -0.1) is 0 Å². The van der Waals surface area contributed by atoms with E-state index in [-0.39, 0.29) is 6.54 Å². The molecule has 1 aromatic rings. The van der Waals surface area contributed by atoms with Crippen molar-refractivity contribution < 1.29 is 19.4 Å². The molecule has 1 unspecified atom stereocenters. The summed E-state index contributed by atoms with van der Waals surface area (Å²) in [6.45, 7) is -0.193. The highest BCUT2D eigenvalue weighted by molar-refractivity contribution is 5.91. The van der Waals surface area contributed by atoms with Gasteiger partial charge in [0, 0.05) is 19.3 Å². The number of aliphatic hydroxyl groups excluding tert-OH is 1. The summed E-state index contributed by atoms with van der Waals surface area (Å²) in [4.78, 5) is 22.2. The third kappa shape index (κ3) is 4.02. The maximum atomic E-state index is 11.4. The number of rotatable bonds is 5. The van der Waals surface area contributed by atoms with Gasteiger partial charge in [-0.3, -0.25) is 9.48 Å². The lowest BCUT2D eigenvalue weighted by Crippen LogP contribution is -2.36. The van der Waals surface area contributed by atoms with Gasteiger partial charge >= 0.3 is 5.97 Å². The van der Waals surface area contributed by atoms with Crippen LogP contribution in [0.4, 0.5) is 0 Å². The standard InChI is InChI=1S/C11H15N3O4/c1-14-8(5-6-13-14)3-4-10(16)12-7-9(15)11(17)18-2/h3-6,9,15H,7H2,1-2H3,(H,12,16)/b4-3+. The van der Waals surface area contributed by atoms with Crippen LogP contribution < -0.4 is 5.32 Å². The van der Waals surface area contributed by atoms with Crippen LogP contribution in [0.2, 0.25) is 0 Å². The third-order valence-corrected chi connectivity index (χ3v) is 2.21. The molecule has 0 fully saturated rings. The van der Waals surface area contributed by atoms with Crippen LogP contribution in [0.3, 0.4) is 0 Å². The van der Waals surface area contributed by atoms with Gasteiger partial charge in [0.2, 0.25) is 5.91 Å². The van der Waals surface area contributed by atoms with E-state index in [1.54, 1.807) is 30.1 Å². The van der Waals surface area contributed by atoms with Gasteiger partial charge in [-0.1, -0.05) is 0 Å². The number of methoxy groups -OCH3 is 1. The molecule has 1 heterocycles. The second-order valence-electron chi connectivity index (χ2n) is 3.50. The molecule has 0 aliphatic heterocycles. The van der Waals surface area contributed by atoms with Crippen LogP contribution in [0.1, 0.15) is 5.69 Å². The van der Waals surface area contributed by atoms with Crippen LogP contribution in [0.15, 0.2) is 18.3 Å². The molecule has 1 amide bonds. The van der Waals surface area contributed by atoms with Gasteiger partial charge in [-0.2, -0.15) is 5.10 Å². The van der Waals surface area contributed by atoms with Gasteiger partial charge in [0.05, 0.1) is 19.3 Å². The molecular weight excluding hydrogens is 238 g/mol. The molecule has 0 saturated carbocycles. The fourth-order valence-electron chi connectivity index (χ4n) is 1.18. The average Bonchev–Trinajstić information content (AvgIpc) is 2.77. The van der Waals surface area contributed by atoms with Crippen molar-refractivity contribution in [3.8, 4) is 0 Å². The maximum absolute atomic E-state index is 11.4. The SMILES string of the molecule is COC(=O)C(O)CNC(=O)/C=C/c1ccnn1C. The summed E-state index contributed by atoms with van der Waals surface area (Å²) in [6.07, 6.45) is 3.12. The van der Waals surface area contributed by atoms with Crippen LogP contribution >= 0.6 is 0 Å². The average molecular weight is 253 g/mol. The van der Waals surface area contributed by atoms with E-state index in [0.29, 0.717) is 0 Å². The molecule has 0 bridgehead atoms. The van der Waals surface area contributed by atoms with Crippen molar-refractivity contribution in [2.24, 2.45) is 7.05 Å². The molecule has 2 N–H and O–H groups in total. The summed E-state index contributed by atoms with van der Waals surface area (Å²) in [5, 5.41) is 15.5. The molecule has 0 spiro atoms. The number of aryl methyl sites for hydroxylation is 1. The molecule has 0 aliphatic carbocycles. The van der Waals surface area contributed by atoms with Crippen LogP contribution in [0.25, 0.3) is 6.08 Å². The fraction of sp³-hybridized carbons (Fsp3) is 0.364. The first-order valence-electron chi connectivity index (χ1n) is 5.24. The van der Waals surface area contributed by atoms with Crippen molar-refractivity contribution in [3.63, 3.8) is 0 Å². The second kappa shape index (κ2) is 6.55. The lowest BCUT2D eigenvalue weighted by atomic mass is 10.3. The number of amides is 1. The highest BCUT2D eigenvalue weighted by atomic mass is 16.5. The van der Waals surface area contributed by atoms with E-state index in [9.17, 15) is 14.7 Å². The first-order chi connectivity index (χ1) is 8.54. The van der Waals surface area contributed by atoms with Crippen LogP contribution in [-0.2, 0) is 21.4 Å². The minimum Gasteiger partial charge on any atom is -0.467 e. The highest BCUT2D eigenvalue weighted by Crippen LogP contribution is 1.98. The number of carbonyl (C=O) groups is 2. The van der Waals surface area contributed by atoms with E-state index in [0.717, 1.165) is 12.8 Å². The summed E-state index contributed by atoms with van der Waals surface area (Å²) >= 11 is 0. The Hall–Kier alpha value is -2.15. The molecule has 7 nitrogen and oxygen atoms in total. The Kier molecular flexibility index (Phi) is 5.06. The summed E-state index contributed by atoms with van der Waals surface area (Å²) < 4.78 is 5.91. The Morgan fingerprint density at radius 2 is 2.39 bits per heavy atom. The van der Waals surface area contributed by atoms with E-state index in [4.69, 9.17) is 0 Å². The molecule has 0 aliphatic rings. The number of carbonyl (C=O) groups excluding carboxylic acids is 2. The zero-order valence-electron chi connectivity index (χ0n) is 10.2. The first-order valence-corrected chi connectivity index (χ1v) is 5.24. The topological polar surface area (TPSA) is 93.4 Å². The van der Waals surface area contributed by atoms with Gasteiger partial charge in [0.25, 0.3) is 0 Å². The Labute approximate surface area is 104 Å². The quantitative estimate of drug-likeness (QED) is 0.523. The zero-order chi connectivity index (χ0) is 13.5. The van der Waals surface area contributed by atoms with Crippen molar-refractivity contribution in [3.05, 3.63) is 24.0 Å². The molecule has 7 heteroatoms. The van der Waals surface area contributed by atoms with Crippen molar-refractivity contribution >= 4 is 18.0 Å². The Morgan fingerprint density at radius 1 is 1.67 bits per heavy atom. The number of nitrogens with zero attached hydrogens (tertiary/aromatic N) is 2. The second-order valence-corrected chi connectivity index (χ2v) is 3.50. The van der Waals surface area contributed by atoms with Crippen molar-refractivity contribution in [1.29, 1.82) is 0 Å². The molecule has 1 rings (SSSR count). The molecular formula is C11H15N3O4. The minimum absolute atomic E-state index is 0.193. The predicted octanol–water partition coefficient (Wildman–Crippen LogP) is -0.917. The van der Waals surface area contributed by atoms with Crippen molar-refractivity contribution in [2.45, 2.75) is 6.10 Å². The fourth-order valence-corrected chi connectivity index (χ4v) is 1.18. The lowest BCUT2D eigenvalue weighted by Gasteiger charge is -2.07. The van der Waals surface area contributed by atoms with E-state index in [1.165, 1.54) is 6.08 Å². The van der Waals surface area contributed by atoms with Crippen molar-refractivity contribution in [1.82, 2.24) is 15.1 Å². The van der Waals surface area contributed by atoms with Crippen LogP contribution in [-0.4, -0.2) is 46.5 Å². The van der Waals surface area contributed by atoms with E-state index < -0.39 is 18.0 Å². The predicted molar refractivity (Wildman–Crippen MR) is 63.3 cm³/mol. The Morgan fingerprint density at radius 3 is 2.94 bits per heavy atom. The third-order valence-electron chi connectivity index (χ3n) is 2.21. The van der Waals surface area contributed by atoms with Crippen molar-refractivity contribution in [2.75, 3.05) is 13.7 Å². The van der Waals surface area contributed by atoms with Gasteiger partial charge in [0.15, 0.2) is 6.10 Å². The van der Waals surface area contributed by atoms with Gasteiger partial charge in [-0.05, 0) is 12.1 Å². The van der Waals surface area contributed by atoms with Gasteiger partial charge < -0.3 is 15.2 Å². The molecule has 18 heavy (non-hydrogen) atoms. The maximum Gasteiger partial charge on any atom is 0.336 e. The zero-order valence-corrected chi connectivity index (χ0v) is 10.2. The molecule has 98 valence electrons.